The normalized spacial score (nSPS) is 31.9. The summed E-state index contributed by atoms with van der Waals surface area (Å²) in [5.41, 5.74) is 1.22. The fourth-order valence-corrected chi connectivity index (χ4v) is 3.33. The monoisotopic (exact) mass is 291 g/mol. The Kier molecular flexibility index (Phi) is 4.48. The van der Waals surface area contributed by atoms with Crippen molar-refractivity contribution in [2.45, 2.75) is 36.8 Å². The Balaban J connectivity index is 1.50. The second-order valence-electron chi connectivity index (χ2n) is 6.18. The van der Waals surface area contributed by atoms with Gasteiger partial charge in [-0.25, -0.2) is 0 Å². The minimum atomic E-state index is -0.116. The Bertz CT molecular complexity index is 465. The number of hydrogen-bond acceptors (Lipinski definition) is 4. The second-order valence-corrected chi connectivity index (χ2v) is 6.18. The molecule has 116 valence electrons. The van der Waals surface area contributed by atoms with E-state index in [9.17, 15) is 0 Å². The number of hydrogen-bond donors (Lipinski definition) is 1. The van der Waals surface area contributed by atoms with E-state index in [4.69, 9.17) is 14.2 Å². The summed E-state index contributed by atoms with van der Waals surface area (Å²) in [4.78, 5) is 0. The molecule has 21 heavy (non-hydrogen) atoms. The zero-order valence-electron chi connectivity index (χ0n) is 12.9. The summed E-state index contributed by atoms with van der Waals surface area (Å²) in [6, 6.07) is 8.92. The third-order valence-electron chi connectivity index (χ3n) is 4.93. The summed E-state index contributed by atoms with van der Waals surface area (Å²) >= 11 is 0. The zero-order chi connectivity index (χ0) is 14.7. The van der Waals surface area contributed by atoms with Gasteiger partial charge in [-0.1, -0.05) is 18.2 Å². The van der Waals surface area contributed by atoms with E-state index in [1.54, 1.807) is 14.2 Å². The van der Waals surface area contributed by atoms with Crippen LogP contribution in [-0.2, 0) is 9.47 Å². The minimum absolute atomic E-state index is 0.116. The molecule has 4 nitrogen and oxygen atoms in total. The predicted molar refractivity (Wildman–Crippen MR) is 81.9 cm³/mol. The van der Waals surface area contributed by atoms with Crippen LogP contribution in [0.5, 0.6) is 5.75 Å². The molecular weight excluding hydrogens is 266 g/mol. The lowest BCUT2D eigenvalue weighted by molar-refractivity contribution is -0.0196. The van der Waals surface area contributed by atoms with Gasteiger partial charge in [-0.2, -0.15) is 0 Å². The Morgan fingerprint density at radius 2 is 2.10 bits per heavy atom. The first-order valence-corrected chi connectivity index (χ1v) is 7.75. The molecule has 0 aromatic heterocycles. The lowest BCUT2D eigenvalue weighted by Crippen LogP contribution is -2.49. The van der Waals surface area contributed by atoms with Crippen molar-refractivity contribution in [2.75, 3.05) is 34.0 Å². The lowest BCUT2D eigenvalue weighted by Gasteiger charge is -2.39. The molecule has 1 saturated heterocycles. The summed E-state index contributed by atoms with van der Waals surface area (Å²) < 4.78 is 16.6. The molecule has 1 atom stereocenters. The number of ether oxygens (including phenoxy) is 3. The first kappa shape index (κ1) is 14.8. The fraction of sp³-hybridized carbons (Fsp3) is 0.647. The number of nitrogens with one attached hydrogen (secondary N) is 1. The van der Waals surface area contributed by atoms with Crippen molar-refractivity contribution in [1.82, 2.24) is 5.32 Å². The van der Waals surface area contributed by atoms with Gasteiger partial charge in [0.15, 0.2) is 0 Å². The molecular formula is C17H25NO3. The Hall–Kier alpha value is -1.10. The van der Waals surface area contributed by atoms with Gasteiger partial charge < -0.3 is 19.5 Å². The molecule has 0 amide bonds. The van der Waals surface area contributed by atoms with Gasteiger partial charge in [0.25, 0.3) is 0 Å². The maximum absolute atomic E-state index is 5.66. The molecule has 2 fully saturated rings. The molecule has 1 aliphatic heterocycles. The Labute approximate surface area is 126 Å². The average molecular weight is 291 g/mol. The molecule has 3 rings (SSSR count). The molecule has 0 radical (unpaired) electrons. The molecule has 1 aromatic carbocycles. The minimum Gasteiger partial charge on any atom is -0.496 e. The van der Waals surface area contributed by atoms with Crippen molar-refractivity contribution in [2.24, 2.45) is 0 Å². The average Bonchev–Trinajstić information content (AvgIpc) is 2.95. The third-order valence-corrected chi connectivity index (χ3v) is 4.93. The standard InChI is InChI=1S/C17H25NO3/c1-19-16-6-4-3-5-15(16)13-9-14(10-13)18-11-17(20-2)7-8-21-12-17/h3-6,13-14,18H,7-12H2,1-2H3. The first-order valence-electron chi connectivity index (χ1n) is 7.75. The smallest absolute Gasteiger partial charge is 0.122 e. The molecule has 0 bridgehead atoms. The largest absolute Gasteiger partial charge is 0.496 e. The fourth-order valence-electron chi connectivity index (χ4n) is 3.33. The van der Waals surface area contributed by atoms with Crippen LogP contribution >= 0.6 is 0 Å². The van der Waals surface area contributed by atoms with Gasteiger partial charge in [-0.05, 0) is 30.4 Å². The highest BCUT2D eigenvalue weighted by Gasteiger charge is 2.38. The van der Waals surface area contributed by atoms with Crippen LogP contribution in [0.1, 0.15) is 30.7 Å². The van der Waals surface area contributed by atoms with Crippen molar-refractivity contribution in [1.29, 1.82) is 0 Å². The molecule has 1 N–H and O–H groups in total. The van der Waals surface area contributed by atoms with Gasteiger partial charge in [0, 0.05) is 32.7 Å². The summed E-state index contributed by atoms with van der Waals surface area (Å²) in [6.07, 6.45) is 3.32. The van der Waals surface area contributed by atoms with Crippen LogP contribution in [0.3, 0.4) is 0 Å². The van der Waals surface area contributed by atoms with Crippen LogP contribution in [0.2, 0.25) is 0 Å². The van der Waals surface area contributed by atoms with Crippen molar-refractivity contribution >= 4 is 0 Å². The van der Waals surface area contributed by atoms with E-state index in [-0.39, 0.29) is 5.60 Å². The third kappa shape index (κ3) is 3.07. The van der Waals surface area contributed by atoms with Crippen molar-refractivity contribution in [3.05, 3.63) is 29.8 Å². The molecule has 1 aromatic rings. The van der Waals surface area contributed by atoms with E-state index in [0.717, 1.165) is 25.3 Å². The number of para-hydroxylation sites is 1. The van der Waals surface area contributed by atoms with Crippen LogP contribution < -0.4 is 10.1 Å². The summed E-state index contributed by atoms with van der Waals surface area (Å²) in [5, 5.41) is 3.64. The Morgan fingerprint density at radius 1 is 1.29 bits per heavy atom. The molecule has 1 saturated carbocycles. The van der Waals surface area contributed by atoms with E-state index in [2.05, 4.69) is 17.4 Å². The predicted octanol–water partition coefficient (Wildman–Crippen LogP) is 2.34. The molecule has 2 aliphatic rings. The van der Waals surface area contributed by atoms with Crippen LogP contribution in [0.4, 0.5) is 0 Å². The molecule has 1 aliphatic carbocycles. The van der Waals surface area contributed by atoms with Gasteiger partial charge >= 0.3 is 0 Å². The zero-order valence-corrected chi connectivity index (χ0v) is 12.9. The summed E-state index contributed by atoms with van der Waals surface area (Å²) in [5.74, 6) is 1.62. The number of rotatable bonds is 6. The van der Waals surface area contributed by atoms with Crippen LogP contribution in [-0.4, -0.2) is 45.6 Å². The van der Waals surface area contributed by atoms with Crippen molar-refractivity contribution < 1.29 is 14.2 Å². The second kappa shape index (κ2) is 6.34. The maximum atomic E-state index is 5.66. The molecule has 4 heteroatoms. The van der Waals surface area contributed by atoms with Crippen LogP contribution in [0.25, 0.3) is 0 Å². The van der Waals surface area contributed by atoms with Gasteiger partial charge in [0.05, 0.1) is 13.7 Å². The highest BCUT2D eigenvalue weighted by molar-refractivity contribution is 5.37. The number of benzene rings is 1. The maximum Gasteiger partial charge on any atom is 0.122 e. The van der Waals surface area contributed by atoms with Gasteiger partial charge in [-0.3, -0.25) is 0 Å². The molecule has 1 unspecified atom stereocenters. The van der Waals surface area contributed by atoms with E-state index < -0.39 is 0 Å². The van der Waals surface area contributed by atoms with Crippen LogP contribution in [0, 0.1) is 0 Å². The summed E-state index contributed by atoms with van der Waals surface area (Å²) in [7, 11) is 3.53. The van der Waals surface area contributed by atoms with E-state index in [0.29, 0.717) is 18.6 Å². The Morgan fingerprint density at radius 3 is 2.76 bits per heavy atom. The SMILES string of the molecule is COc1ccccc1C1CC(NCC2(OC)CCOC2)C1. The lowest BCUT2D eigenvalue weighted by atomic mass is 9.75. The van der Waals surface area contributed by atoms with Gasteiger partial charge in [-0.15, -0.1) is 0 Å². The highest BCUT2D eigenvalue weighted by atomic mass is 16.5. The van der Waals surface area contributed by atoms with Crippen molar-refractivity contribution in [3.8, 4) is 5.75 Å². The summed E-state index contributed by atoms with van der Waals surface area (Å²) in [6.45, 7) is 2.40. The van der Waals surface area contributed by atoms with E-state index in [1.807, 2.05) is 12.1 Å². The molecule has 0 spiro atoms. The molecule has 1 heterocycles. The van der Waals surface area contributed by atoms with Crippen molar-refractivity contribution in [3.63, 3.8) is 0 Å². The van der Waals surface area contributed by atoms with Crippen LogP contribution in [0.15, 0.2) is 24.3 Å². The highest BCUT2D eigenvalue weighted by Crippen LogP contribution is 2.41. The quantitative estimate of drug-likeness (QED) is 0.873. The van der Waals surface area contributed by atoms with E-state index >= 15 is 0 Å². The van der Waals surface area contributed by atoms with Gasteiger partial charge in [0.1, 0.15) is 11.4 Å². The topological polar surface area (TPSA) is 39.7 Å². The first-order chi connectivity index (χ1) is 10.3. The van der Waals surface area contributed by atoms with Gasteiger partial charge in [0.2, 0.25) is 0 Å². The van der Waals surface area contributed by atoms with E-state index in [1.165, 1.54) is 18.4 Å². The number of methoxy groups -OCH3 is 2.